The second-order valence-corrected chi connectivity index (χ2v) is 8.10. The summed E-state index contributed by atoms with van der Waals surface area (Å²) in [5, 5.41) is 15.9. The molecular formula is C22H13BrF4N4O3. The quantitative estimate of drug-likeness (QED) is 0.335. The van der Waals surface area contributed by atoms with Gasteiger partial charge in [0.25, 0.3) is 5.91 Å². The summed E-state index contributed by atoms with van der Waals surface area (Å²) in [4.78, 5) is 28.2. The van der Waals surface area contributed by atoms with Crippen LogP contribution in [0.5, 0.6) is 0 Å². The van der Waals surface area contributed by atoms with E-state index >= 15 is 0 Å². The maximum Gasteiger partial charge on any atom is 0.433 e. The molecule has 0 aliphatic carbocycles. The highest BCUT2D eigenvalue weighted by atomic mass is 79.9. The number of carbonyl (C=O) groups excluding carboxylic acids is 1. The highest BCUT2D eigenvalue weighted by Gasteiger charge is 2.34. The van der Waals surface area contributed by atoms with E-state index in [4.69, 9.17) is 0 Å². The van der Waals surface area contributed by atoms with Crippen LogP contribution in [0.4, 0.5) is 23.2 Å². The maximum absolute atomic E-state index is 13.4. The number of halogens is 5. The van der Waals surface area contributed by atoms with Gasteiger partial charge < -0.3 is 10.4 Å². The van der Waals surface area contributed by atoms with E-state index in [2.05, 4.69) is 31.3 Å². The minimum atomic E-state index is -4.80. The summed E-state index contributed by atoms with van der Waals surface area (Å²) in [6.45, 7) is 0.0692. The van der Waals surface area contributed by atoms with E-state index in [0.29, 0.717) is 16.1 Å². The van der Waals surface area contributed by atoms with Crippen LogP contribution >= 0.6 is 15.9 Å². The van der Waals surface area contributed by atoms with Gasteiger partial charge in [-0.1, -0.05) is 28.1 Å². The fourth-order valence-corrected chi connectivity index (χ4v) is 3.61. The van der Waals surface area contributed by atoms with Crippen molar-refractivity contribution in [3.8, 4) is 0 Å². The molecule has 4 aromatic rings. The number of nitrogens with one attached hydrogen (secondary N) is 1. The molecule has 2 N–H and O–H groups in total. The van der Waals surface area contributed by atoms with Crippen LogP contribution in [0.25, 0.3) is 10.9 Å². The predicted molar refractivity (Wildman–Crippen MR) is 117 cm³/mol. The molecule has 0 saturated carbocycles. The average molecular weight is 537 g/mol. The predicted octanol–water partition coefficient (Wildman–Crippen LogP) is 5.35. The number of hydrogen-bond donors (Lipinski definition) is 2. The molecule has 0 radical (unpaired) electrons. The number of hydrogen-bond acceptors (Lipinski definition) is 4. The van der Waals surface area contributed by atoms with E-state index in [1.54, 1.807) is 0 Å². The number of fused-ring (bicyclic) bond motifs is 1. The zero-order valence-corrected chi connectivity index (χ0v) is 18.5. The monoisotopic (exact) mass is 536 g/mol. The molecule has 1 amide bonds. The molecule has 4 rings (SSSR count). The van der Waals surface area contributed by atoms with Crippen molar-refractivity contribution < 1.29 is 32.3 Å². The SMILES string of the molecule is O=C(O)c1nn(Cc2ccc(F)cc2)cc1NC(=O)c1cc(C(F)(F)F)nc2ccc(Br)cc12. The molecule has 0 bridgehead atoms. The Balaban J connectivity index is 1.72. The van der Waals surface area contributed by atoms with Gasteiger partial charge >= 0.3 is 12.1 Å². The van der Waals surface area contributed by atoms with Crippen LogP contribution in [-0.2, 0) is 12.7 Å². The average Bonchev–Trinajstić information content (AvgIpc) is 3.16. The molecule has 0 fully saturated rings. The number of alkyl halides is 3. The highest BCUT2D eigenvalue weighted by Crippen LogP contribution is 2.32. The number of aromatic nitrogens is 3. The molecule has 0 atom stereocenters. The summed E-state index contributed by atoms with van der Waals surface area (Å²) in [7, 11) is 0. The van der Waals surface area contributed by atoms with Gasteiger partial charge in [-0.05, 0) is 42.0 Å². The molecule has 0 saturated heterocycles. The Morgan fingerprint density at radius 3 is 2.44 bits per heavy atom. The standard InChI is InChI=1S/C22H13BrF4N4O3/c23-12-3-6-16-14(7-12)15(8-18(28-16)22(25,26)27)20(32)29-17-10-31(30-19(17)21(33)34)9-11-1-4-13(24)5-2-11/h1-8,10H,9H2,(H,29,32)(H,33,34). The van der Waals surface area contributed by atoms with Crippen molar-refractivity contribution >= 4 is 44.4 Å². The van der Waals surface area contributed by atoms with Crippen LogP contribution in [0.2, 0.25) is 0 Å². The van der Waals surface area contributed by atoms with Crippen molar-refractivity contribution in [2.45, 2.75) is 12.7 Å². The Labute approximate surface area is 197 Å². The number of pyridine rings is 1. The summed E-state index contributed by atoms with van der Waals surface area (Å²) >= 11 is 3.21. The fraction of sp³-hybridized carbons (Fsp3) is 0.0909. The number of benzene rings is 2. The number of amides is 1. The summed E-state index contributed by atoms with van der Waals surface area (Å²) in [5.74, 6) is -2.87. The Morgan fingerprint density at radius 1 is 1.09 bits per heavy atom. The Hall–Kier alpha value is -3.80. The van der Waals surface area contributed by atoms with Gasteiger partial charge in [-0.3, -0.25) is 9.48 Å². The number of nitrogens with zero attached hydrogens (tertiary/aromatic N) is 3. The molecule has 174 valence electrons. The largest absolute Gasteiger partial charge is 0.476 e. The molecule has 34 heavy (non-hydrogen) atoms. The van der Waals surface area contributed by atoms with Crippen LogP contribution in [0.15, 0.2) is 59.2 Å². The Kier molecular flexibility index (Phi) is 6.09. The molecule has 2 heterocycles. The molecular weight excluding hydrogens is 524 g/mol. The van der Waals surface area contributed by atoms with Crippen LogP contribution in [0.3, 0.4) is 0 Å². The van der Waals surface area contributed by atoms with Crippen LogP contribution in [0.1, 0.15) is 32.1 Å². The van der Waals surface area contributed by atoms with Gasteiger partial charge in [-0.15, -0.1) is 0 Å². The first kappa shape index (κ1) is 23.4. The fourth-order valence-electron chi connectivity index (χ4n) is 3.25. The number of anilines is 1. The highest BCUT2D eigenvalue weighted by molar-refractivity contribution is 9.10. The number of carboxylic acid groups (broad SMARTS) is 1. The van der Waals surface area contributed by atoms with Gasteiger partial charge in [-0.2, -0.15) is 18.3 Å². The normalized spacial score (nSPS) is 11.6. The zero-order chi connectivity index (χ0) is 24.6. The van der Waals surface area contributed by atoms with Crippen molar-refractivity contribution in [1.82, 2.24) is 14.8 Å². The van der Waals surface area contributed by atoms with E-state index in [9.17, 15) is 32.3 Å². The molecule has 12 heteroatoms. The second-order valence-electron chi connectivity index (χ2n) is 7.19. The lowest BCUT2D eigenvalue weighted by Crippen LogP contribution is -2.17. The lowest BCUT2D eigenvalue weighted by atomic mass is 10.1. The summed E-state index contributed by atoms with van der Waals surface area (Å²) < 4.78 is 54.9. The summed E-state index contributed by atoms with van der Waals surface area (Å²) in [6.07, 6.45) is -3.57. The first-order valence-corrected chi connectivity index (χ1v) is 10.3. The Bertz CT molecular complexity index is 1420. The van der Waals surface area contributed by atoms with Gasteiger partial charge in [0.05, 0.1) is 23.3 Å². The van der Waals surface area contributed by atoms with Crippen molar-refractivity contribution in [1.29, 1.82) is 0 Å². The molecule has 0 aliphatic heterocycles. The van der Waals surface area contributed by atoms with Crippen LogP contribution in [0, 0.1) is 5.82 Å². The number of carbonyl (C=O) groups is 2. The van der Waals surface area contributed by atoms with E-state index in [1.807, 2.05) is 0 Å². The van der Waals surface area contributed by atoms with Gasteiger partial charge in [0.1, 0.15) is 11.5 Å². The third-order valence-electron chi connectivity index (χ3n) is 4.78. The molecule has 0 aliphatic rings. The first-order chi connectivity index (χ1) is 16.0. The molecule has 0 spiro atoms. The molecule has 7 nitrogen and oxygen atoms in total. The third kappa shape index (κ3) is 4.91. The second kappa shape index (κ2) is 8.86. The van der Waals surface area contributed by atoms with Crippen molar-refractivity contribution in [2.24, 2.45) is 0 Å². The van der Waals surface area contributed by atoms with E-state index in [1.165, 1.54) is 53.3 Å². The van der Waals surface area contributed by atoms with E-state index in [-0.39, 0.29) is 28.7 Å². The van der Waals surface area contributed by atoms with Crippen LogP contribution in [-0.4, -0.2) is 31.7 Å². The Morgan fingerprint density at radius 2 is 1.79 bits per heavy atom. The van der Waals surface area contributed by atoms with Crippen molar-refractivity contribution in [3.63, 3.8) is 0 Å². The molecule has 2 aromatic carbocycles. The number of carboxylic acids is 1. The van der Waals surface area contributed by atoms with E-state index < -0.39 is 35.3 Å². The van der Waals surface area contributed by atoms with Gasteiger partial charge in [0.2, 0.25) is 0 Å². The lowest BCUT2D eigenvalue weighted by Gasteiger charge is -2.12. The summed E-state index contributed by atoms with van der Waals surface area (Å²) in [6, 6.07) is 10.3. The van der Waals surface area contributed by atoms with Crippen LogP contribution < -0.4 is 5.32 Å². The number of aromatic carboxylic acids is 1. The minimum absolute atomic E-state index is 0.0614. The van der Waals surface area contributed by atoms with E-state index in [0.717, 1.165) is 0 Å². The maximum atomic E-state index is 13.4. The number of rotatable bonds is 5. The third-order valence-corrected chi connectivity index (χ3v) is 5.27. The van der Waals surface area contributed by atoms with Gasteiger partial charge in [0, 0.05) is 16.1 Å². The van der Waals surface area contributed by atoms with Gasteiger partial charge in [-0.25, -0.2) is 14.2 Å². The van der Waals surface area contributed by atoms with Crippen molar-refractivity contribution in [2.75, 3.05) is 5.32 Å². The smallest absolute Gasteiger partial charge is 0.433 e. The minimum Gasteiger partial charge on any atom is -0.476 e. The molecule has 2 aromatic heterocycles. The van der Waals surface area contributed by atoms with Crippen molar-refractivity contribution in [3.05, 3.63) is 87.5 Å². The first-order valence-electron chi connectivity index (χ1n) is 9.55. The molecule has 0 unspecified atom stereocenters. The summed E-state index contributed by atoms with van der Waals surface area (Å²) in [5.41, 5.74) is -1.79. The zero-order valence-electron chi connectivity index (χ0n) is 16.9. The lowest BCUT2D eigenvalue weighted by molar-refractivity contribution is -0.141. The van der Waals surface area contributed by atoms with Gasteiger partial charge in [0.15, 0.2) is 5.69 Å². The topological polar surface area (TPSA) is 97.1 Å².